The van der Waals surface area contributed by atoms with E-state index in [1.54, 1.807) is 16.0 Å². The number of nitrogens with one attached hydrogen (secondary N) is 1. The van der Waals surface area contributed by atoms with E-state index in [0.717, 1.165) is 26.6 Å². The van der Waals surface area contributed by atoms with Gasteiger partial charge in [0, 0.05) is 11.6 Å². The van der Waals surface area contributed by atoms with E-state index in [9.17, 15) is 4.79 Å². The Hall–Kier alpha value is -2.99. The molecular formula is C19H16N4OS. The summed E-state index contributed by atoms with van der Waals surface area (Å²) in [6.07, 6.45) is 0. The number of anilines is 1. The molecule has 0 saturated heterocycles. The van der Waals surface area contributed by atoms with Gasteiger partial charge in [0.15, 0.2) is 0 Å². The molecule has 0 aliphatic heterocycles. The lowest BCUT2D eigenvalue weighted by molar-refractivity contribution is 0.102. The first-order chi connectivity index (χ1) is 12.1. The zero-order chi connectivity index (χ0) is 17.4. The van der Waals surface area contributed by atoms with Gasteiger partial charge >= 0.3 is 0 Å². The number of thiazole rings is 1. The Bertz CT molecular complexity index is 1030. The quantitative estimate of drug-likeness (QED) is 0.599. The summed E-state index contributed by atoms with van der Waals surface area (Å²) < 4.78 is 2.77. The van der Waals surface area contributed by atoms with Crippen molar-refractivity contribution < 1.29 is 4.79 Å². The van der Waals surface area contributed by atoms with Crippen molar-refractivity contribution in [2.45, 2.75) is 13.8 Å². The van der Waals surface area contributed by atoms with E-state index < -0.39 is 0 Å². The molecule has 2 aromatic carbocycles. The highest BCUT2D eigenvalue weighted by Crippen LogP contribution is 2.27. The average Bonchev–Trinajstić information content (AvgIpc) is 3.18. The number of hydrogen-bond acceptors (Lipinski definition) is 4. The van der Waals surface area contributed by atoms with Crippen LogP contribution >= 0.6 is 11.3 Å². The third-order valence-electron chi connectivity index (χ3n) is 3.85. The van der Waals surface area contributed by atoms with Gasteiger partial charge in [-0.05, 0) is 38.1 Å². The normalized spacial score (nSPS) is 11.0. The van der Waals surface area contributed by atoms with E-state index in [0.29, 0.717) is 11.4 Å². The molecule has 5 nitrogen and oxygen atoms in total. The fourth-order valence-corrected chi connectivity index (χ4v) is 3.51. The Labute approximate surface area is 149 Å². The highest BCUT2D eigenvalue weighted by molar-refractivity contribution is 7.20. The van der Waals surface area contributed by atoms with Gasteiger partial charge in [0.2, 0.25) is 5.13 Å². The second-order valence-electron chi connectivity index (χ2n) is 5.87. The van der Waals surface area contributed by atoms with Crippen molar-refractivity contribution in [2.75, 3.05) is 5.32 Å². The zero-order valence-corrected chi connectivity index (χ0v) is 14.7. The van der Waals surface area contributed by atoms with E-state index in [1.165, 1.54) is 0 Å². The lowest BCUT2D eigenvalue weighted by Gasteiger charge is -2.06. The van der Waals surface area contributed by atoms with Crippen molar-refractivity contribution >= 4 is 33.3 Å². The second-order valence-corrected chi connectivity index (χ2v) is 6.88. The molecule has 1 amide bonds. The number of hydrogen-bond donors (Lipinski definition) is 1. The minimum absolute atomic E-state index is 0.165. The number of carbonyl (C=O) groups excluding carboxylic acids is 1. The summed E-state index contributed by atoms with van der Waals surface area (Å²) in [6, 6.07) is 17.3. The van der Waals surface area contributed by atoms with Crippen LogP contribution < -0.4 is 5.32 Å². The summed E-state index contributed by atoms with van der Waals surface area (Å²) in [6.45, 7) is 3.89. The number of benzene rings is 2. The van der Waals surface area contributed by atoms with Gasteiger partial charge in [-0.1, -0.05) is 41.2 Å². The number of carbonyl (C=O) groups is 1. The number of amides is 1. The van der Waals surface area contributed by atoms with Crippen LogP contribution in [0.5, 0.6) is 0 Å². The third kappa shape index (κ3) is 3.04. The predicted molar refractivity (Wildman–Crippen MR) is 101 cm³/mol. The largest absolute Gasteiger partial charge is 0.306 e. The van der Waals surface area contributed by atoms with Crippen LogP contribution in [0.1, 0.15) is 21.6 Å². The predicted octanol–water partition coefficient (Wildman–Crippen LogP) is 4.35. The number of aromatic nitrogens is 3. The summed E-state index contributed by atoms with van der Waals surface area (Å²) in [7, 11) is 0. The molecule has 0 aliphatic carbocycles. The fourth-order valence-electron chi connectivity index (χ4n) is 2.58. The highest BCUT2D eigenvalue weighted by atomic mass is 32.1. The molecule has 2 aromatic heterocycles. The van der Waals surface area contributed by atoms with E-state index in [2.05, 4.69) is 15.4 Å². The molecule has 0 unspecified atom stereocenters. The van der Waals surface area contributed by atoms with Crippen LogP contribution in [-0.2, 0) is 0 Å². The fraction of sp³-hybridized carbons (Fsp3) is 0.105. The third-order valence-corrected chi connectivity index (χ3v) is 4.86. The molecule has 0 atom stereocenters. The second kappa shape index (κ2) is 6.14. The van der Waals surface area contributed by atoms with E-state index in [-0.39, 0.29) is 5.91 Å². The molecule has 124 valence electrons. The van der Waals surface area contributed by atoms with Crippen LogP contribution in [0, 0.1) is 13.8 Å². The Morgan fingerprint density at radius 3 is 2.60 bits per heavy atom. The number of rotatable bonds is 3. The lowest BCUT2D eigenvalue weighted by atomic mass is 10.1. The van der Waals surface area contributed by atoms with Gasteiger partial charge in [-0.3, -0.25) is 4.79 Å². The molecular weight excluding hydrogens is 332 g/mol. The first-order valence-electron chi connectivity index (χ1n) is 7.91. The van der Waals surface area contributed by atoms with Gasteiger partial charge in [-0.2, -0.15) is 9.78 Å². The summed E-state index contributed by atoms with van der Waals surface area (Å²) in [5.74, 6) is 0.449. The van der Waals surface area contributed by atoms with Crippen LogP contribution in [-0.4, -0.2) is 20.7 Å². The van der Waals surface area contributed by atoms with E-state index in [1.807, 2.05) is 68.4 Å². The van der Waals surface area contributed by atoms with E-state index >= 15 is 0 Å². The Balaban J connectivity index is 1.69. The lowest BCUT2D eigenvalue weighted by Crippen LogP contribution is -2.15. The molecule has 0 bridgehead atoms. The topological polar surface area (TPSA) is 59.8 Å². The van der Waals surface area contributed by atoms with Crippen LogP contribution in [0.4, 0.5) is 5.82 Å². The molecule has 6 heteroatoms. The number of para-hydroxylation sites is 1. The minimum atomic E-state index is -0.165. The minimum Gasteiger partial charge on any atom is -0.306 e. The molecule has 25 heavy (non-hydrogen) atoms. The Kier molecular flexibility index (Phi) is 3.82. The van der Waals surface area contributed by atoms with Gasteiger partial charge in [0.1, 0.15) is 5.82 Å². The summed E-state index contributed by atoms with van der Waals surface area (Å²) in [4.78, 5) is 17.1. The van der Waals surface area contributed by atoms with Gasteiger partial charge in [0.05, 0.1) is 15.9 Å². The van der Waals surface area contributed by atoms with Gasteiger partial charge < -0.3 is 5.32 Å². The zero-order valence-electron chi connectivity index (χ0n) is 13.9. The molecule has 0 aliphatic rings. The highest BCUT2D eigenvalue weighted by Gasteiger charge is 2.15. The first-order valence-corrected chi connectivity index (χ1v) is 8.72. The molecule has 4 aromatic rings. The maximum absolute atomic E-state index is 12.5. The van der Waals surface area contributed by atoms with Crippen molar-refractivity contribution in [3.8, 4) is 5.13 Å². The maximum atomic E-state index is 12.5. The standard InChI is InChI=1S/C19H16N4OS/c1-12-7-9-14(10-8-12)18(24)21-17-11-13(2)22-23(17)19-20-15-5-3-4-6-16(15)25-19/h3-11H,1-2H3,(H,21,24). The van der Waals surface area contributed by atoms with Crippen molar-refractivity contribution in [1.82, 2.24) is 14.8 Å². The van der Waals surface area contributed by atoms with Crippen molar-refractivity contribution in [3.05, 3.63) is 71.4 Å². The first kappa shape index (κ1) is 15.5. The average molecular weight is 348 g/mol. The summed E-state index contributed by atoms with van der Waals surface area (Å²) in [5, 5.41) is 8.16. The van der Waals surface area contributed by atoms with Crippen molar-refractivity contribution in [2.24, 2.45) is 0 Å². The summed E-state index contributed by atoms with van der Waals surface area (Å²) in [5.41, 5.74) is 3.47. The van der Waals surface area contributed by atoms with Crippen molar-refractivity contribution in [3.63, 3.8) is 0 Å². The van der Waals surface area contributed by atoms with Crippen LogP contribution in [0.25, 0.3) is 15.3 Å². The SMILES string of the molecule is Cc1ccc(C(=O)Nc2cc(C)nn2-c2nc3ccccc3s2)cc1. The molecule has 0 fully saturated rings. The molecule has 0 spiro atoms. The number of fused-ring (bicyclic) bond motifs is 1. The molecule has 4 rings (SSSR count). The smallest absolute Gasteiger partial charge is 0.256 e. The van der Waals surface area contributed by atoms with Gasteiger partial charge in [-0.15, -0.1) is 0 Å². The Morgan fingerprint density at radius 2 is 1.84 bits per heavy atom. The maximum Gasteiger partial charge on any atom is 0.256 e. The van der Waals surface area contributed by atoms with E-state index in [4.69, 9.17) is 0 Å². The van der Waals surface area contributed by atoms with Crippen LogP contribution in [0.15, 0.2) is 54.6 Å². The molecule has 2 heterocycles. The number of aryl methyl sites for hydroxylation is 2. The van der Waals surface area contributed by atoms with Crippen LogP contribution in [0.3, 0.4) is 0 Å². The van der Waals surface area contributed by atoms with Gasteiger partial charge in [0.25, 0.3) is 5.91 Å². The molecule has 0 radical (unpaired) electrons. The molecule has 1 N–H and O–H groups in total. The van der Waals surface area contributed by atoms with Gasteiger partial charge in [-0.25, -0.2) is 4.98 Å². The monoisotopic (exact) mass is 348 g/mol. The van der Waals surface area contributed by atoms with Crippen LogP contribution in [0.2, 0.25) is 0 Å². The Morgan fingerprint density at radius 1 is 1.08 bits per heavy atom. The number of nitrogens with zero attached hydrogens (tertiary/aromatic N) is 3. The summed E-state index contributed by atoms with van der Waals surface area (Å²) >= 11 is 1.54. The molecule has 0 saturated carbocycles. The van der Waals surface area contributed by atoms with Crippen molar-refractivity contribution in [1.29, 1.82) is 0 Å².